The van der Waals surface area contributed by atoms with Crippen molar-refractivity contribution < 1.29 is 14.7 Å². The quantitative estimate of drug-likeness (QED) is 0.898. The molecule has 0 saturated carbocycles. The number of rotatable bonds is 3. The summed E-state index contributed by atoms with van der Waals surface area (Å²) >= 11 is 0. The number of aromatic amines is 1. The van der Waals surface area contributed by atoms with E-state index < -0.39 is 5.97 Å². The van der Waals surface area contributed by atoms with Gasteiger partial charge in [-0.1, -0.05) is 6.07 Å². The van der Waals surface area contributed by atoms with Crippen LogP contribution in [0.25, 0.3) is 10.9 Å². The van der Waals surface area contributed by atoms with Gasteiger partial charge in [-0.25, -0.2) is 0 Å². The van der Waals surface area contributed by atoms with Crippen LogP contribution in [0.2, 0.25) is 0 Å². The normalized spacial score (nSPS) is 18.6. The zero-order valence-corrected chi connectivity index (χ0v) is 11.0. The van der Waals surface area contributed by atoms with Crippen LogP contribution >= 0.6 is 0 Å². The second-order valence-electron chi connectivity index (χ2n) is 5.25. The lowest BCUT2D eigenvalue weighted by atomic mass is 10.1. The molecule has 1 atom stereocenters. The third kappa shape index (κ3) is 2.27. The minimum atomic E-state index is -0.794. The van der Waals surface area contributed by atoms with Crippen molar-refractivity contribution in [2.45, 2.75) is 12.8 Å². The van der Waals surface area contributed by atoms with Crippen molar-refractivity contribution in [3.63, 3.8) is 0 Å². The Morgan fingerprint density at radius 2 is 2.20 bits per heavy atom. The first kappa shape index (κ1) is 12.7. The number of hydrogen-bond donors (Lipinski definition) is 2. The SMILES string of the molecule is O=C(O)CC1CCN(C(=O)c2cccc3[nH]ccc23)C1. The number of carbonyl (C=O) groups excluding carboxylic acids is 1. The van der Waals surface area contributed by atoms with Gasteiger partial charge < -0.3 is 15.0 Å². The molecule has 0 aliphatic carbocycles. The highest BCUT2D eigenvalue weighted by molar-refractivity contribution is 6.06. The van der Waals surface area contributed by atoms with Crippen molar-refractivity contribution in [3.8, 4) is 0 Å². The molecule has 1 aliphatic rings. The number of amides is 1. The molecule has 2 aromatic rings. The van der Waals surface area contributed by atoms with Crippen LogP contribution in [0, 0.1) is 5.92 Å². The molecule has 20 heavy (non-hydrogen) atoms. The summed E-state index contributed by atoms with van der Waals surface area (Å²) in [5.74, 6) is -0.734. The number of carboxylic acid groups (broad SMARTS) is 1. The maximum atomic E-state index is 12.6. The Kier molecular flexibility index (Phi) is 3.18. The Morgan fingerprint density at radius 3 is 3.00 bits per heavy atom. The van der Waals surface area contributed by atoms with Crippen LogP contribution in [-0.4, -0.2) is 40.0 Å². The molecule has 5 heteroatoms. The molecule has 1 saturated heterocycles. The van der Waals surface area contributed by atoms with Crippen LogP contribution < -0.4 is 0 Å². The highest BCUT2D eigenvalue weighted by Gasteiger charge is 2.28. The van der Waals surface area contributed by atoms with E-state index in [2.05, 4.69) is 4.98 Å². The minimum absolute atomic E-state index is 0.0110. The molecule has 1 fully saturated rings. The van der Waals surface area contributed by atoms with E-state index in [1.165, 1.54) is 0 Å². The molecule has 5 nitrogen and oxygen atoms in total. The number of carbonyl (C=O) groups is 2. The minimum Gasteiger partial charge on any atom is -0.481 e. The third-order valence-electron chi connectivity index (χ3n) is 3.86. The molecule has 104 valence electrons. The molecule has 0 radical (unpaired) electrons. The van der Waals surface area contributed by atoms with Crippen LogP contribution in [0.5, 0.6) is 0 Å². The highest BCUT2D eigenvalue weighted by Crippen LogP contribution is 2.24. The Hall–Kier alpha value is -2.30. The number of likely N-dealkylation sites (tertiary alicyclic amines) is 1. The molecular formula is C15H16N2O3. The van der Waals surface area contributed by atoms with Crippen molar-refractivity contribution in [1.82, 2.24) is 9.88 Å². The predicted octanol–water partition coefficient (Wildman–Crippen LogP) is 2.10. The Bertz CT molecular complexity index is 662. The summed E-state index contributed by atoms with van der Waals surface area (Å²) in [6.45, 7) is 1.17. The number of H-pyrrole nitrogens is 1. The second-order valence-corrected chi connectivity index (χ2v) is 5.25. The summed E-state index contributed by atoms with van der Waals surface area (Å²) < 4.78 is 0. The number of nitrogens with zero attached hydrogens (tertiary/aromatic N) is 1. The Balaban J connectivity index is 1.80. The average molecular weight is 272 g/mol. The van der Waals surface area contributed by atoms with Gasteiger partial charge in [0.1, 0.15) is 0 Å². The molecular weight excluding hydrogens is 256 g/mol. The van der Waals surface area contributed by atoms with Crippen molar-refractivity contribution in [1.29, 1.82) is 0 Å². The van der Waals surface area contributed by atoms with Gasteiger partial charge in [-0.2, -0.15) is 0 Å². The molecule has 2 N–H and O–H groups in total. The molecule has 1 aliphatic heterocycles. The van der Waals surface area contributed by atoms with Gasteiger partial charge in [-0.05, 0) is 30.5 Å². The number of aliphatic carboxylic acids is 1. The molecule has 0 bridgehead atoms. The first-order valence-electron chi connectivity index (χ1n) is 6.72. The topological polar surface area (TPSA) is 73.4 Å². The van der Waals surface area contributed by atoms with Gasteiger partial charge in [-0.3, -0.25) is 9.59 Å². The summed E-state index contributed by atoms with van der Waals surface area (Å²) in [6.07, 6.45) is 2.72. The van der Waals surface area contributed by atoms with Crippen molar-refractivity contribution in [3.05, 3.63) is 36.0 Å². The summed E-state index contributed by atoms with van der Waals surface area (Å²) in [5, 5.41) is 9.74. The first-order valence-corrected chi connectivity index (χ1v) is 6.72. The van der Waals surface area contributed by atoms with E-state index >= 15 is 0 Å². The number of benzene rings is 1. The molecule has 1 aromatic carbocycles. The maximum absolute atomic E-state index is 12.6. The van der Waals surface area contributed by atoms with Crippen molar-refractivity contribution in [2.75, 3.05) is 13.1 Å². The van der Waals surface area contributed by atoms with E-state index in [9.17, 15) is 9.59 Å². The predicted molar refractivity (Wildman–Crippen MR) is 74.6 cm³/mol. The zero-order chi connectivity index (χ0) is 14.1. The van der Waals surface area contributed by atoms with Gasteiger partial charge in [0, 0.05) is 42.2 Å². The summed E-state index contributed by atoms with van der Waals surface area (Å²) in [5.41, 5.74) is 1.62. The van der Waals surface area contributed by atoms with Crippen molar-refractivity contribution in [2.24, 2.45) is 5.92 Å². The van der Waals surface area contributed by atoms with Crippen LogP contribution in [0.1, 0.15) is 23.2 Å². The fourth-order valence-corrected chi connectivity index (χ4v) is 2.87. The van der Waals surface area contributed by atoms with E-state index in [0.717, 1.165) is 17.3 Å². The van der Waals surface area contributed by atoms with Crippen LogP contribution in [0.4, 0.5) is 0 Å². The van der Waals surface area contributed by atoms with Gasteiger partial charge in [0.25, 0.3) is 5.91 Å². The molecule has 0 spiro atoms. The lowest BCUT2D eigenvalue weighted by Gasteiger charge is -2.16. The van der Waals surface area contributed by atoms with E-state index in [4.69, 9.17) is 5.11 Å². The summed E-state index contributed by atoms with van der Waals surface area (Å²) in [7, 11) is 0. The molecule has 1 unspecified atom stereocenters. The molecule has 2 heterocycles. The third-order valence-corrected chi connectivity index (χ3v) is 3.86. The summed E-state index contributed by atoms with van der Waals surface area (Å²) in [4.78, 5) is 28.1. The monoisotopic (exact) mass is 272 g/mol. The highest BCUT2D eigenvalue weighted by atomic mass is 16.4. The first-order chi connectivity index (χ1) is 9.65. The van der Waals surface area contributed by atoms with E-state index in [0.29, 0.717) is 18.7 Å². The van der Waals surface area contributed by atoms with E-state index in [1.54, 1.807) is 4.90 Å². The van der Waals surface area contributed by atoms with Gasteiger partial charge in [0.15, 0.2) is 0 Å². The average Bonchev–Trinajstić information content (AvgIpc) is 3.05. The molecule has 1 aromatic heterocycles. The second kappa shape index (κ2) is 5.00. The van der Waals surface area contributed by atoms with Crippen molar-refractivity contribution >= 4 is 22.8 Å². The van der Waals surface area contributed by atoms with Gasteiger partial charge in [0.2, 0.25) is 0 Å². The Morgan fingerprint density at radius 1 is 1.35 bits per heavy atom. The number of aromatic nitrogens is 1. The zero-order valence-electron chi connectivity index (χ0n) is 11.0. The summed E-state index contributed by atoms with van der Waals surface area (Å²) in [6, 6.07) is 7.51. The van der Waals surface area contributed by atoms with Gasteiger partial charge in [0.05, 0.1) is 0 Å². The number of carboxylic acids is 1. The fraction of sp³-hybridized carbons (Fsp3) is 0.333. The molecule has 3 rings (SSSR count). The van der Waals surface area contributed by atoms with E-state index in [-0.39, 0.29) is 18.2 Å². The number of fused-ring (bicyclic) bond motifs is 1. The number of nitrogens with one attached hydrogen (secondary N) is 1. The lowest BCUT2D eigenvalue weighted by Crippen LogP contribution is -2.29. The molecule has 1 amide bonds. The van der Waals surface area contributed by atoms with E-state index in [1.807, 2.05) is 30.5 Å². The number of hydrogen-bond acceptors (Lipinski definition) is 2. The lowest BCUT2D eigenvalue weighted by molar-refractivity contribution is -0.138. The van der Waals surface area contributed by atoms with Crippen LogP contribution in [0.15, 0.2) is 30.5 Å². The van der Waals surface area contributed by atoms with Crippen LogP contribution in [0.3, 0.4) is 0 Å². The van der Waals surface area contributed by atoms with Crippen LogP contribution in [-0.2, 0) is 4.79 Å². The maximum Gasteiger partial charge on any atom is 0.303 e. The van der Waals surface area contributed by atoms with Gasteiger partial charge in [-0.15, -0.1) is 0 Å². The largest absolute Gasteiger partial charge is 0.481 e. The standard InChI is InChI=1S/C15H16N2O3/c18-14(19)8-10-5-7-17(9-10)15(20)12-2-1-3-13-11(12)4-6-16-13/h1-4,6,10,16H,5,7-9H2,(H,18,19). The fourth-order valence-electron chi connectivity index (χ4n) is 2.87. The smallest absolute Gasteiger partial charge is 0.303 e. The van der Waals surface area contributed by atoms with Gasteiger partial charge >= 0.3 is 5.97 Å². The Labute approximate surface area is 116 Å².